The molecular weight excluding hydrogens is 258 g/mol. The van der Waals surface area contributed by atoms with Crippen LogP contribution < -0.4 is 0 Å². The van der Waals surface area contributed by atoms with Crippen molar-refractivity contribution in [2.75, 3.05) is 0 Å². The summed E-state index contributed by atoms with van der Waals surface area (Å²) in [5.41, 5.74) is 4.42. The summed E-state index contributed by atoms with van der Waals surface area (Å²) in [7, 11) is 0. The van der Waals surface area contributed by atoms with E-state index in [4.69, 9.17) is 0 Å². The van der Waals surface area contributed by atoms with Crippen LogP contribution in [0.2, 0.25) is 0 Å². The first-order valence-corrected chi connectivity index (χ1v) is 7.40. The third-order valence-electron chi connectivity index (χ3n) is 3.65. The number of pyridine rings is 1. The van der Waals surface area contributed by atoms with Gasteiger partial charge in [-0.3, -0.25) is 9.78 Å². The Morgan fingerprint density at radius 1 is 1.10 bits per heavy atom. The summed E-state index contributed by atoms with van der Waals surface area (Å²) in [5.74, 6) is 0.192. The van der Waals surface area contributed by atoms with Gasteiger partial charge in [0.15, 0.2) is 5.78 Å². The standard InChI is InChI=1S/C19H23NO/c1-14-11-15(13-20-12-14)5-10-18(21)16-6-8-17(9-7-16)19(2,3)4/h6-9,11-13H,5,10H2,1-4H3. The number of hydrogen-bond donors (Lipinski definition) is 0. The lowest BCUT2D eigenvalue weighted by Crippen LogP contribution is -2.11. The largest absolute Gasteiger partial charge is 0.294 e. The number of Topliss-reactive ketones (excluding diaryl/α,β-unsaturated/α-hetero) is 1. The molecule has 0 N–H and O–H groups in total. The lowest BCUT2D eigenvalue weighted by atomic mass is 9.86. The van der Waals surface area contributed by atoms with Crippen LogP contribution in [-0.2, 0) is 11.8 Å². The Balaban J connectivity index is 2.00. The molecule has 21 heavy (non-hydrogen) atoms. The van der Waals surface area contributed by atoms with E-state index in [2.05, 4.69) is 44.0 Å². The van der Waals surface area contributed by atoms with Gasteiger partial charge in [0, 0.05) is 24.4 Å². The van der Waals surface area contributed by atoms with E-state index >= 15 is 0 Å². The van der Waals surface area contributed by atoms with E-state index in [1.165, 1.54) is 5.56 Å². The molecule has 1 heterocycles. The quantitative estimate of drug-likeness (QED) is 0.772. The summed E-state index contributed by atoms with van der Waals surface area (Å²) in [6, 6.07) is 10.1. The summed E-state index contributed by atoms with van der Waals surface area (Å²) in [4.78, 5) is 16.4. The van der Waals surface area contributed by atoms with E-state index in [1.807, 2.05) is 31.5 Å². The smallest absolute Gasteiger partial charge is 0.163 e. The minimum atomic E-state index is 0.120. The minimum Gasteiger partial charge on any atom is -0.294 e. The Kier molecular flexibility index (Phi) is 4.56. The molecule has 2 aromatic rings. The molecule has 0 saturated heterocycles. The molecule has 0 atom stereocenters. The molecule has 1 aromatic carbocycles. The average Bonchev–Trinajstić information content (AvgIpc) is 2.44. The zero-order valence-corrected chi connectivity index (χ0v) is 13.3. The number of benzene rings is 1. The maximum Gasteiger partial charge on any atom is 0.163 e. The van der Waals surface area contributed by atoms with Gasteiger partial charge in [-0.25, -0.2) is 0 Å². The van der Waals surface area contributed by atoms with Gasteiger partial charge in [-0.2, -0.15) is 0 Å². The van der Waals surface area contributed by atoms with Gasteiger partial charge in [-0.05, 0) is 35.4 Å². The van der Waals surface area contributed by atoms with E-state index in [9.17, 15) is 4.79 Å². The van der Waals surface area contributed by atoms with Crippen molar-refractivity contribution in [2.24, 2.45) is 0 Å². The molecule has 110 valence electrons. The van der Waals surface area contributed by atoms with Gasteiger partial charge in [0.2, 0.25) is 0 Å². The molecule has 0 amide bonds. The van der Waals surface area contributed by atoms with Crippen molar-refractivity contribution in [1.29, 1.82) is 0 Å². The highest BCUT2D eigenvalue weighted by Gasteiger charge is 2.14. The highest BCUT2D eigenvalue weighted by atomic mass is 16.1. The molecule has 2 nitrogen and oxygen atoms in total. The molecule has 1 aromatic heterocycles. The van der Waals surface area contributed by atoms with Crippen molar-refractivity contribution in [1.82, 2.24) is 4.98 Å². The Hall–Kier alpha value is -1.96. The maximum absolute atomic E-state index is 12.2. The molecule has 0 aliphatic carbocycles. The molecule has 2 heteroatoms. The summed E-state index contributed by atoms with van der Waals surface area (Å²) < 4.78 is 0. The highest BCUT2D eigenvalue weighted by molar-refractivity contribution is 5.96. The van der Waals surface area contributed by atoms with Gasteiger partial charge in [0.1, 0.15) is 0 Å². The first-order valence-electron chi connectivity index (χ1n) is 7.40. The van der Waals surface area contributed by atoms with Crippen molar-refractivity contribution in [3.05, 3.63) is 65.0 Å². The van der Waals surface area contributed by atoms with Crippen LogP contribution in [0.3, 0.4) is 0 Å². The Bertz CT molecular complexity index is 621. The molecule has 0 bridgehead atoms. The van der Waals surface area contributed by atoms with E-state index in [0.29, 0.717) is 6.42 Å². The van der Waals surface area contributed by atoms with Crippen LogP contribution in [0.25, 0.3) is 0 Å². The van der Waals surface area contributed by atoms with Crippen molar-refractivity contribution < 1.29 is 4.79 Å². The van der Waals surface area contributed by atoms with Gasteiger partial charge in [-0.15, -0.1) is 0 Å². The Labute approximate surface area is 127 Å². The van der Waals surface area contributed by atoms with Gasteiger partial charge in [0.05, 0.1) is 0 Å². The van der Waals surface area contributed by atoms with Crippen LogP contribution in [0.1, 0.15) is 54.2 Å². The second-order valence-electron chi connectivity index (χ2n) is 6.62. The van der Waals surface area contributed by atoms with Crippen LogP contribution >= 0.6 is 0 Å². The summed E-state index contributed by atoms with van der Waals surface area (Å²) in [6.45, 7) is 8.54. The fraction of sp³-hybridized carbons (Fsp3) is 0.368. The SMILES string of the molecule is Cc1cncc(CCC(=O)c2ccc(C(C)(C)C)cc2)c1. The number of ketones is 1. The van der Waals surface area contributed by atoms with Crippen LogP contribution in [-0.4, -0.2) is 10.8 Å². The fourth-order valence-corrected chi connectivity index (χ4v) is 2.31. The number of nitrogens with zero attached hydrogens (tertiary/aromatic N) is 1. The average molecular weight is 281 g/mol. The molecule has 0 unspecified atom stereocenters. The molecule has 0 saturated carbocycles. The molecule has 0 aliphatic heterocycles. The van der Waals surface area contributed by atoms with E-state index in [1.54, 1.807) is 0 Å². The molecule has 0 aliphatic rings. The lowest BCUT2D eigenvalue weighted by molar-refractivity contribution is 0.0982. The van der Waals surface area contributed by atoms with E-state index in [-0.39, 0.29) is 11.2 Å². The Morgan fingerprint density at radius 3 is 2.33 bits per heavy atom. The highest BCUT2D eigenvalue weighted by Crippen LogP contribution is 2.22. The zero-order valence-electron chi connectivity index (χ0n) is 13.3. The summed E-state index contributed by atoms with van der Waals surface area (Å²) >= 11 is 0. The van der Waals surface area contributed by atoms with Crippen LogP contribution in [0.5, 0.6) is 0 Å². The molecule has 0 spiro atoms. The first-order chi connectivity index (χ1) is 9.86. The summed E-state index contributed by atoms with van der Waals surface area (Å²) in [6.07, 6.45) is 4.94. The van der Waals surface area contributed by atoms with Crippen molar-refractivity contribution in [3.8, 4) is 0 Å². The second-order valence-corrected chi connectivity index (χ2v) is 6.62. The zero-order chi connectivity index (χ0) is 15.5. The molecule has 2 rings (SSSR count). The predicted molar refractivity (Wildman–Crippen MR) is 86.8 cm³/mol. The lowest BCUT2D eigenvalue weighted by Gasteiger charge is -2.19. The number of hydrogen-bond acceptors (Lipinski definition) is 2. The maximum atomic E-state index is 12.2. The topological polar surface area (TPSA) is 30.0 Å². The van der Waals surface area contributed by atoms with Crippen LogP contribution in [0.15, 0.2) is 42.7 Å². The van der Waals surface area contributed by atoms with Crippen molar-refractivity contribution in [2.45, 2.75) is 46.0 Å². The van der Waals surface area contributed by atoms with Gasteiger partial charge < -0.3 is 0 Å². The van der Waals surface area contributed by atoms with Gasteiger partial charge >= 0.3 is 0 Å². The fourth-order valence-electron chi connectivity index (χ4n) is 2.31. The number of aromatic nitrogens is 1. The number of rotatable bonds is 4. The predicted octanol–water partition coefficient (Wildman–Crippen LogP) is 4.50. The van der Waals surface area contributed by atoms with Crippen molar-refractivity contribution in [3.63, 3.8) is 0 Å². The second kappa shape index (κ2) is 6.21. The monoisotopic (exact) mass is 281 g/mol. The molecule has 0 radical (unpaired) electrons. The normalized spacial score (nSPS) is 11.4. The molecule has 0 fully saturated rings. The number of carbonyl (C=O) groups is 1. The van der Waals surface area contributed by atoms with Gasteiger partial charge in [-0.1, -0.05) is 51.1 Å². The number of aryl methyl sites for hydroxylation is 2. The van der Waals surface area contributed by atoms with Crippen molar-refractivity contribution >= 4 is 5.78 Å². The first kappa shape index (κ1) is 15.4. The Morgan fingerprint density at radius 2 is 1.76 bits per heavy atom. The van der Waals surface area contributed by atoms with Gasteiger partial charge in [0.25, 0.3) is 0 Å². The minimum absolute atomic E-state index is 0.120. The van der Waals surface area contributed by atoms with Crippen LogP contribution in [0.4, 0.5) is 0 Å². The third kappa shape index (κ3) is 4.25. The van der Waals surface area contributed by atoms with E-state index < -0.39 is 0 Å². The third-order valence-corrected chi connectivity index (χ3v) is 3.65. The summed E-state index contributed by atoms with van der Waals surface area (Å²) in [5, 5.41) is 0. The molecular formula is C19H23NO. The number of carbonyl (C=O) groups excluding carboxylic acids is 1. The van der Waals surface area contributed by atoms with E-state index in [0.717, 1.165) is 23.1 Å². The van der Waals surface area contributed by atoms with Crippen LogP contribution in [0, 0.1) is 6.92 Å².